The maximum Gasteiger partial charge on any atom is 0.266 e. The Bertz CT molecular complexity index is 491. The molecule has 88 valence electrons. The number of hydrogen-bond acceptors (Lipinski definition) is 3. The summed E-state index contributed by atoms with van der Waals surface area (Å²) in [6, 6.07) is 8.08. The lowest BCUT2D eigenvalue weighted by atomic mass is 10.1. The number of likely N-dealkylation sites (N-methyl/N-ethyl adjacent to an activating group) is 1. The van der Waals surface area contributed by atoms with Crippen LogP contribution in [0.25, 0.3) is 6.08 Å². The van der Waals surface area contributed by atoms with E-state index in [1.165, 1.54) is 17.3 Å². The summed E-state index contributed by atoms with van der Waals surface area (Å²) in [6.45, 7) is 4.61. The van der Waals surface area contributed by atoms with Gasteiger partial charge in [-0.2, -0.15) is 0 Å². The van der Waals surface area contributed by atoms with Crippen LogP contribution in [-0.4, -0.2) is 21.7 Å². The Morgan fingerprint density at radius 1 is 1.35 bits per heavy atom. The highest BCUT2D eigenvalue weighted by atomic mass is 32.2. The van der Waals surface area contributed by atoms with Gasteiger partial charge in [0.15, 0.2) is 0 Å². The highest BCUT2D eigenvalue weighted by Crippen LogP contribution is 2.32. The summed E-state index contributed by atoms with van der Waals surface area (Å²) in [4.78, 5) is 14.3. The van der Waals surface area contributed by atoms with Gasteiger partial charge in [-0.3, -0.25) is 9.69 Å². The fourth-order valence-electron chi connectivity index (χ4n) is 1.59. The third-order valence-corrected chi connectivity index (χ3v) is 3.94. The van der Waals surface area contributed by atoms with Crippen LogP contribution in [0.2, 0.25) is 0 Å². The molecule has 0 aliphatic carbocycles. The lowest BCUT2D eigenvalue weighted by molar-refractivity contribution is -0.121. The zero-order valence-electron chi connectivity index (χ0n) is 9.77. The summed E-state index contributed by atoms with van der Waals surface area (Å²) in [5, 5.41) is 0. The largest absolute Gasteiger partial charge is 0.293 e. The van der Waals surface area contributed by atoms with Crippen LogP contribution < -0.4 is 0 Å². The Morgan fingerprint density at radius 2 is 2.00 bits per heavy atom. The lowest BCUT2D eigenvalue weighted by Crippen LogP contribution is -2.27. The number of aryl methyl sites for hydroxylation is 1. The molecule has 2 nitrogen and oxygen atoms in total. The summed E-state index contributed by atoms with van der Waals surface area (Å²) in [6.07, 6.45) is 1.90. The molecular formula is C13H13NOS2. The van der Waals surface area contributed by atoms with E-state index in [2.05, 4.69) is 0 Å². The van der Waals surface area contributed by atoms with Crippen molar-refractivity contribution >= 4 is 40.3 Å². The van der Waals surface area contributed by atoms with Crippen LogP contribution in [0.4, 0.5) is 0 Å². The monoisotopic (exact) mass is 263 g/mol. The Hall–Kier alpha value is -1.13. The van der Waals surface area contributed by atoms with E-state index < -0.39 is 0 Å². The fraction of sp³-hybridized carbons (Fsp3) is 0.231. The van der Waals surface area contributed by atoms with Crippen LogP contribution in [0.5, 0.6) is 0 Å². The SMILES string of the molecule is CCN1C(=O)/C(=C\c2ccc(C)cc2)SC1=S. The van der Waals surface area contributed by atoms with Crippen molar-refractivity contribution in [3.05, 3.63) is 40.3 Å². The molecule has 0 atom stereocenters. The fourth-order valence-corrected chi connectivity index (χ4v) is 2.97. The van der Waals surface area contributed by atoms with Gasteiger partial charge in [-0.25, -0.2) is 0 Å². The van der Waals surface area contributed by atoms with Gasteiger partial charge < -0.3 is 0 Å². The highest BCUT2D eigenvalue weighted by Gasteiger charge is 2.30. The lowest BCUT2D eigenvalue weighted by Gasteiger charge is -2.09. The molecule has 1 aromatic carbocycles. The van der Waals surface area contributed by atoms with E-state index in [0.717, 1.165) is 5.56 Å². The first kappa shape index (κ1) is 12.3. The van der Waals surface area contributed by atoms with E-state index in [1.807, 2.05) is 44.2 Å². The molecule has 0 spiro atoms. The van der Waals surface area contributed by atoms with Crippen LogP contribution in [0.15, 0.2) is 29.2 Å². The van der Waals surface area contributed by atoms with Gasteiger partial charge in [0.25, 0.3) is 5.91 Å². The minimum absolute atomic E-state index is 0.0167. The highest BCUT2D eigenvalue weighted by molar-refractivity contribution is 8.26. The molecule has 0 N–H and O–H groups in total. The standard InChI is InChI=1S/C13H13NOS2/c1-3-14-12(15)11(17-13(14)16)8-10-6-4-9(2)5-7-10/h4-8H,3H2,1-2H3/b11-8+. The van der Waals surface area contributed by atoms with Gasteiger partial charge in [0, 0.05) is 6.54 Å². The Labute approximate surface area is 111 Å². The van der Waals surface area contributed by atoms with Crippen LogP contribution in [0.3, 0.4) is 0 Å². The maximum absolute atomic E-state index is 12.0. The van der Waals surface area contributed by atoms with Gasteiger partial charge >= 0.3 is 0 Å². The molecule has 1 aliphatic heterocycles. The average Bonchev–Trinajstić information content (AvgIpc) is 2.57. The summed E-state index contributed by atoms with van der Waals surface area (Å²) in [7, 11) is 0. The van der Waals surface area contributed by atoms with E-state index in [0.29, 0.717) is 15.8 Å². The van der Waals surface area contributed by atoms with Crippen LogP contribution >= 0.6 is 24.0 Å². The van der Waals surface area contributed by atoms with Crippen molar-refractivity contribution in [3.63, 3.8) is 0 Å². The Balaban J connectivity index is 2.27. The second kappa shape index (κ2) is 5.02. The van der Waals surface area contributed by atoms with Crippen LogP contribution in [0.1, 0.15) is 18.1 Å². The minimum atomic E-state index is 0.0167. The number of amides is 1. The number of benzene rings is 1. The quantitative estimate of drug-likeness (QED) is 0.603. The summed E-state index contributed by atoms with van der Waals surface area (Å²) in [5.74, 6) is 0.0167. The Kier molecular flexibility index (Phi) is 3.64. The van der Waals surface area contributed by atoms with E-state index >= 15 is 0 Å². The van der Waals surface area contributed by atoms with Crippen molar-refractivity contribution in [2.24, 2.45) is 0 Å². The van der Waals surface area contributed by atoms with Crippen LogP contribution in [-0.2, 0) is 4.79 Å². The molecule has 0 aromatic heterocycles. The molecule has 1 aromatic rings. The number of nitrogens with zero attached hydrogens (tertiary/aromatic N) is 1. The van der Waals surface area contributed by atoms with Crippen molar-refractivity contribution in [2.45, 2.75) is 13.8 Å². The van der Waals surface area contributed by atoms with E-state index in [-0.39, 0.29) is 5.91 Å². The normalized spacial score (nSPS) is 18.2. The molecule has 0 saturated carbocycles. The van der Waals surface area contributed by atoms with Gasteiger partial charge in [0.1, 0.15) is 4.32 Å². The second-order valence-electron chi connectivity index (χ2n) is 3.84. The minimum Gasteiger partial charge on any atom is -0.293 e. The Morgan fingerprint density at radius 3 is 2.53 bits per heavy atom. The third kappa shape index (κ3) is 2.58. The maximum atomic E-state index is 12.0. The molecular weight excluding hydrogens is 250 g/mol. The van der Waals surface area contributed by atoms with E-state index in [1.54, 1.807) is 4.90 Å². The average molecular weight is 263 g/mol. The molecule has 0 bridgehead atoms. The predicted octanol–water partition coefficient (Wildman–Crippen LogP) is 3.22. The summed E-state index contributed by atoms with van der Waals surface area (Å²) >= 11 is 6.53. The molecule has 1 heterocycles. The molecule has 1 aliphatic rings. The zero-order chi connectivity index (χ0) is 12.4. The predicted molar refractivity (Wildman–Crippen MR) is 76.7 cm³/mol. The van der Waals surface area contributed by atoms with Gasteiger partial charge in [-0.1, -0.05) is 53.8 Å². The number of thioether (sulfide) groups is 1. The number of carbonyl (C=O) groups excluding carboxylic acids is 1. The van der Waals surface area contributed by atoms with Crippen molar-refractivity contribution in [2.75, 3.05) is 6.54 Å². The third-order valence-electron chi connectivity index (χ3n) is 2.56. The van der Waals surface area contributed by atoms with E-state index in [4.69, 9.17) is 12.2 Å². The molecule has 17 heavy (non-hydrogen) atoms. The molecule has 1 amide bonds. The van der Waals surface area contributed by atoms with Crippen molar-refractivity contribution < 1.29 is 4.79 Å². The molecule has 0 radical (unpaired) electrons. The summed E-state index contributed by atoms with van der Waals surface area (Å²) in [5.41, 5.74) is 2.25. The molecule has 4 heteroatoms. The summed E-state index contributed by atoms with van der Waals surface area (Å²) < 4.78 is 0.649. The van der Waals surface area contributed by atoms with Gasteiger partial charge in [-0.05, 0) is 25.5 Å². The first-order chi connectivity index (χ1) is 8.11. The first-order valence-corrected chi connectivity index (χ1v) is 6.66. The van der Waals surface area contributed by atoms with Crippen molar-refractivity contribution in [1.82, 2.24) is 4.90 Å². The number of hydrogen-bond donors (Lipinski definition) is 0. The van der Waals surface area contributed by atoms with Gasteiger partial charge in [0.05, 0.1) is 4.91 Å². The number of carbonyl (C=O) groups is 1. The topological polar surface area (TPSA) is 20.3 Å². The van der Waals surface area contributed by atoms with E-state index in [9.17, 15) is 4.79 Å². The molecule has 0 unspecified atom stereocenters. The molecule has 1 saturated heterocycles. The van der Waals surface area contributed by atoms with Crippen LogP contribution in [0, 0.1) is 6.92 Å². The zero-order valence-corrected chi connectivity index (χ0v) is 11.4. The first-order valence-electron chi connectivity index (χ1n) is 5.44. The number of rotatable bonds is 2. The van der Waals surface area contributed by atoms with Crippen molar-refractivity contribution in [3.8, 4) is 0 Å². The van der Waals surface area contributed by atoms with Crippen molar-refractivity contribution in [1.29, 1.82) is 0 Å². The van der Waals surface area contributed by atoms with Gasteiger partial charge in [0.2, 0.25) is 0 Å². The van der Waals surface area contributed by atoms with Gasteiger partial charge in [-0.15, -0.1) is 0 Å². The second-order valence-corrected chi connectivity index (χ2v) is 5.51. The smallest absolute Gasteiger partial charge is 0.266 e. The molecule has 2 rings (SSSR count). The molecule has 1 fully saturated rings. The number of thiocarbonyl (C=S) groups is 1.